The van der Waals surface area contributed by atoms with Crippen LogP contribution in [-0.2, 0) is 4.79 Å². The summed E-state index contributed by atoms with van der Waals surface area (Å²) in [5, 5.41) is -0.230. The monoisotopic (exact) mass is 356 g/mol. The normalized spacial score (nSPS) is 11.4. The van der Waals surface area contributed by atoms with E-state index in [1.807, 2.05) is 0 Å². The van der Waals surface area contributed by atoms with Gasteiger partial charge in [-0.1, -0.05) is 109 Å². The van der Waals surface area contributed by atoms with Gasteiger partial charge in [-0.2, -0.15) is 0 Å². The average molecular weight is 357 g/mol. The quantitative estimate of drug-likeness (QED) is 0.129. The number of rotatable bonds is 19. The molecule has 0 unspecified atom stereocenters. The van der Waals surface area contributed by atoms with Crippen molar-refractivity contribution in [2.45, 2.75) is 122 Å². The Balaban J connectivity index is 3.04. The van der Waals surface area contributed by atoms with Gasteiger partial charge in [-0.05, 0) is 30.9 Å². The van der Waals surface area contributed by atoms with E-state index < -0.39 is 0 Å². The first-order valence-electron chi connectivity index (χ1n) is 10.6. The highest BCUT2D eigenvalue weighted by atomic mass is 35.5. The second kappa shape index (κ2) is 20.7. The summed E-state index contributed by atoms with van der Waals surface area (Å²) in [6.45, 7) is 2.28. The lowest BCUT2D eigenvalue weighted by atomic mass is 10.0. The van der Waals surface area contributed by atoms with E-state index in [2.05, 4.69) is 19.1 Å². The molecule has 2 heteroatoms. The van der Waals surface area contributed by atoms with Crippen LogP contribution in [-0.4, -0.2) is 5.24 Å². The lowest BCUT2D eigenvalue weighted by Gasteiger charge is -2.03. The summed E-state index contributed by atoms with van der Waals surface area (Å²) in [7, 11) is 0. The van der Waals surface area contributed by atoms with Gasteiger partial charge in [-0.25, -0.2) is 0 Å². The zero-order valence-corrected chi connectivity index (χ0v) is 16.9. The van der Waals surface area contributed by atoms with Crippen molar-refractivity contribution in [2.75, 3.05) is 0 Å². The van der Waals surface area contributed by atoms with E-state index in [1.54, 1.807) is 0 Å². The summed E-state index contributed by atoms with van der Waals surface area (Å²) in [6.07, 6.45) is 27.9. The number of carbonyl (C=O) groups excluding carboxylic acids is 1. The van der Waals surface area contributed by atoms with E-state index in [0.717, 1.165) is 12.8 Å². The third kappa shape index (κ3) is 21.7. The van der Waals surface area contributed by atoms with Gasteiger partial charge in [0.05, 0.1) is 0 Å². The molecule has 0 N–H and O–H groups in total. The molecule has 0 aromatic rings. The Kier molecular flexibility index (Phi) is 20.5. The molecule has 0 saturated heterocycles. The van der Waals surface area contributed by atoms with E-state index in [0.29, 0.717) is 6.42 Å². The molecule has 142 valence electrons. The van der Waals surface area contributed by atoms with Gasteiger partial charge in [0.25, 0.3) is 0 Å². The lowest BCUT2D eigenvalue weighted by Crippen LogP contribution is -1.83. The molecule has 0 fully saturated rings. The smallest absolute Gasteiger partial charge is 0.221 e. The molecule has 0 saturated carbocycles. The van der Waals surface area contributed by atoms with Crippen LogP contribution in [0, 0.1) is 0 Å². The molecule has 0 amide bonds. The predicted molar refractivity (Wildman–Crippen MR) is 109 cm³/mol. The van der Waals surface area contributed by atoms with Crippen molar-refractivity contribution in [2.24, 2.45) is 0 Å². The molecule has 0 aromatic heterocycles. The fourth-order valence-electron chi connectivity index (χ4n) is 3.07. The van der Waals surface area contributed by atoms with E-state index in [9.17, 15) is 4.79 Å². The molecule has 24 heavy (non-hydrogen) atoms. The molecule has 0 aliphatic heterocycles. The summed E-state index contributed by atoms with van der Waals surface area (Å²) in [5.74, 6) is 0. The van der Waals surface area contributed by atoms with Crippen LogP contribution in [0.5, 0.6) is 0 Å². The Labute approximate surface area is 156 Å². The SMILES string of the molecule is CCCCCCCCCCCCCCCCC/C=C/CCC(=O)Cl. The van der Waals surface area contributed by atoms with Crippen LogP contribution in [0.2, 0.25) is 0 Å². The number of unbranched alkanes of at least 4 members (excludes halogenated alkanes) is 15. The molecule has 1 nitrogen and oxygen atoms in total. The Morgan fingerprint density at radius 2 is 1.00 bits per heavy atom. The Morgan fingerprint density at radius 1 is 0.625 bits per heavy atom. The van der Waals surface area contributed by atoms with Crippen molar-refractivity contribution < 1.29 is 4.79 Å². The Hall–Kier alpha value is -0.300. The topological polar surface area (TPSA) is 17.1 Å². The van der Waals surface area contributed by atoms with Crippen LogP contribution in [0.1, 0.15) is 122 Å². The average Bonchev–Trinajstić information content (AvgIpc) is 2.56. The van der Waals surface area contributed by atoms with Gasteiger partial charge in [0.1, 0.15) is 0 Å². The van der Waals surface area contributed by atoms with Crippen molar-refractivity contribution in [3.05, 3.63) is 12.2 Å². The van der Waals surface area contributed by atoms with Gasteiger partial charge in [0.2, 0.25) is 5.24 Å². The van der Waals surface area contributed by atoms with Gasteiger partial charge in [0, 0.05) is 6.42 Å². The van der Waals surface area contributed by atoms with Crippen LogP contribution in [0.15, 0.2) is 12.2 Å². The maximum Gasteiger partial charge on any atom is 0.221 e. The van der Waals surface area contributed by atoms with Crippen molar-refractivity contribution in [1.82, 2.24) is 0 Å². The third-order valence-corrected chi connectivity index (χ3v) is 4.84. The first-order chi connectivity index (χ1) is 11.8. The third-order valence-electron chi connectivity index (χ3n) is 4.65. The van der Waals surface area contributed by atoms with E-state index >= 15 is 0 Å². The fourth-order valence-corrected chi connectivity index (χ4v) is 3.18. The van der Waals surface area contributed by atoms with E-state index in [4.69, 9.17) is 11.6 Å². The zero-order valence-electron chi connectivity index (χ0n) is 16.2. The highest BCUT2D eigenvalue weighted by Crippen LogP contribution is 2.13. The lowest BCUT2D eigenvalue weighted by molar-refractivity contribution is -0.111. The largest absolute Gasteiger partial charge is 0.281 e. The van der Waals surface area contributed by atoms with Crippen LogP contribution in [0.3, 0.4) is 0 Å². The molecule has 0 aliphatic rings. The zero-order chi connectivity index (χ0) is 17.7. The second-order valence-corrected chi connectivity index (χ2v) is 7.53. The Bertz CT molecular complexity index is 286. The van der Waals surface area contributed by atoms with Gasteiger partial charge in [0.15, 0.2) is 0 Å². The molecule has 0 spiro atoms. The first kappa shape index (κ1) is 23.7. The van der Waals surface area contributed by atoms with Gasteiger partial charge >= 0.3 is 0 Å². The van der Waals surface area contributed by atoms with Gasteiger partial charge < -0.3 is 0 Å². The summed E-state index contributed by atoms with van der Waals surface area (Å²) in [4.78, 5) is 10.6. The van der Waals surface area contributed by atoms with Gasteiger partial charge in [-0.15, -0.1) is 0 Å². The molecule has 0 heterocycles. The minimum absolute atomic E-state index is 0.230. The molecule has 0 aromatic carbocycles. The van der Waals surface area contributed by atoms with Crippen LogP contribution in [0.25, 0.3) is 0 Å². The highest BCUT2D eigenvalue weighted by Gasteiger charge is 1.94. The molecule has 0 bridgehead atoms. The summed E-state index contributed by atoms with van der Waals surface area (Å²) in [6, 6.07) is 0. The summed E-state index contributed by atoms with van der Waals surface area (Å²) in [5.41, 5.74) is 0. The number of carbonyl (C=O) groups is 1. The molecule has 0 radical (unpaired) electrons. The fraction of sp³-hybridized carbons (Fsp3) is 0.864. The second-order valence-electron chi connectivity index (χ2n) is 7.10. The van der Waals surface area contributed by atoms with Crippen LogP contribution >= 0.6 is 11.6 Å². The van der Waals surface area contributed by atoms with E-state index in [-0.39, 0.29) is 5.24 Å². The first-order valence-corrected chi connectivity index (χ1v) is 11.0. The standard InChI is InChI=1S/C22H41ClO/c1-2-3-4-5-6-7-8-9-10-11-12-13-14-15-16-17-18-19-20-21-22(23)24/h18-19H,2-17,20-21H2,1H3/b19-18+. The van der Waals surface area contributed by atoms with Crippen LogP contribution in [0.4, 0.5) is 0 Å². The molecular formula is C22H41ClO. The number of allylic oxidation sites excluding steroid dienone is 2. The number of hydrogen-bond acceptors (Lipinski definition) is 1. The maximum absolute atomic E-state index is 10.6. The minimum atomic E-state index is -0.230. The van der Waals surface area contributed by atoms with Crippen molar-refractivity contribution >= 4 is 16.8 Å². The maximum atomic E-state index is 10.6. The molecule has 0 aliphatic carbocycles. The predicted octanol–water partition coefficient (Wildman–Crippen LogP) is 8.35. The molecule has 0 rings (SSSR count). The van der Waals surface area contributed by atoms with Gasteiger partial charge in [-0.3, -0.25) is 4.79 Å². The molecular weight excluding hydrogens is 316 g/mol. The highest BCUT2D eigenvalue weighted by molar-refractivity contribution is 6.63. The van der Waals surface area contributed by atoms with Crippen molar-refractivity contribution in [3.63, 3.8) is 0 Å². The van der Waals surface area contributed by atoms with Crippen molar-refractivity contribution in [1.29, 1.82) is 0 Å². The number of halogens is 1. The minimum Gasteiger partial charge on any atom is -0.281 e. The van der Waals surface area contributed by atoms with Crippen LogP contribution < -0.4 is 0 Å². The Morgan fingerprint density at radius 3 is 1.42 bits per heavy atom. The van der Waals surface area contributed by atoms with E-state index in [1.165, 1.54) is 96.3 Å². The number of hydrogen-bond donors (Lipinski definition) is 0. The summed E-state index contributed by atoms with van der Waals surface area (Å²) >= 11 is 5.29. The summed E-state index contributed by atoms with van der Waals surface area (Å²) < 4.78 is 0. The molecule has 0 atom stereocenters. The van der Waals surface area contributed by atoms with Crippen molar-refractivity contribution in [3.8, 4) is 0 Å².